The van der Waals surface area contributed by atoms with Gasteiger partial charge in [0.2, 0.25) is 10.0 Å². The highest BCUT2D eigenvalue weighted by Crippen LogP contribution is 2.23. The molecule has 29 heavy (non-hydrogen) atoms. The molecule has 1 amide bonds. The molecule has 2 aromatic carbocycles. The summed E-state index contributed by atoms with van der Waals surface area (Å²) in [5.41, 5.74) is 8.02. The van der Waals surface area contributed by atoms with Crippen LogP contribution in [0.1, 0.15) is 15.9 Å². The molecule has 0 unspecified atom stereocenters. The van der Waals surface area contributed by atoms with Gasteiger partial charge in [0.05, 0.1) is 5.69 Å². The van der Waals surface area contributed by atoms with Gasteiger partial charge in [-0.15, -0.1) is 18.3 Å². The summed E-state index contributed by atoms with van der Waals surface area (Å²) >= 11 is 0. The average Bonchev–Trinajstić information content (AvgIpc) is 3.15. The lowest BCUT2D eigenvalue weighted by atomic mass is 10.1. The van der Waals surface area contributed by atoms with Gasteiger partial charge in [0, 0.05) is 5.56 Å². The first-order valence-corrected chi connectivity index (χ1v) is 7.95. The first-order valence-electron chi connectivity index (χ1n) is 7.95. The first-order chi connectivity index (χ1) is 13.8. The summed E-state index contributed by atoms with van der Waals surface area (Å²) < 4.78 is 47.2. The third-order valence-electron chi connectivity index (χ3n) is 3.52. The standard InChI is InChI=1S/C17H12F3N6O3/c18-17(19,20)29-14-7-5-13(6-8-14)26-10-22-16(24-26)28-9-11-1-3-12(4-2-11)15(27)23-25-21/h1-8,10,21H,9H2/q+1. The molecular weight excluding hydrogens is 393 g/mol. The number of carbonyl (C=O) groups is 1. The van der Waals surface area contributed by atoms with E-state index in [2.05, 4.69) is 24.8 Å². The van der Waals surface area contributed by atoms with E-state index in [-0.39, 0.29) is 23.9 Å². The van der Waals surface area contributed by atoms with Crippen LogP contribution in [0.15, 0.2) is 60.0 Å². The van der Waals surface area contributed by atoms with Crippen LogP contribution in [0.25, 0.3) is 5.69 Å². The van der Waals surface area contributed by atoms with Crippen LogP contribution in [0.3, 0.4) is 0 Å². The van der Waals surface area contributed by atoms with Gasteiger partial charge < -0.3 is 9.47 Å². The molecule has 0 saturated heterocycles. The maximum atomic E-state index is 12.2. The number of amides is 1. The summed E-state index contributed by atoms with van der Waals surface area (Å²) in [6.07, 6.45) is -3.41. The van der Waals surface area contributed by atoms with E-state index in [0.717, 1.165) is 17.7 Å². The van der Waals surface area contributed by atoms with Crippen molar-refractivity contribution in [3.05, 3.63) is 66.0 Å². The van der Waals surface area contributed by atoms with Gasteiger partial charge in [0.1, 0.15) is 24.2 Å². The highest BCUT2D eigenvalue weighted by atomic mass is 19.4. The fourth-order valence-electron chi connectivity index (χ4n) is 2.23. The van der Waals surface area contributed by atoms with Crippen LogP contribution in [-0.4, -0.2) is 27.0 Å². The van der Waals surface area contributed by atoms with Crippen molar-refractivity contribution in [3.8, 4) is 17.4 Å². The average molecular weight is 405 g/mol. The van der Waals surface area contributed by atoms with Crippen molar-refractivity contribution >= 4 is 5.91 Å². The molecule has 1 aromatic heterocycles. The Morgan fingerprint density at radius 3 is 2.45 bits per heavy atom. The van der Waals surface area contributed by atoms with E-state index in [9.17, 15) is 18.0 Å². The Bertz CT molecular complexity index is 1040. The van der Waals surface area contributed by atoms with E-state index in [4.69, 9.17) is 10.3 Å². The molecule has 3 aromatic rings. The van der Waals surface area contributed by atoms with Gasteiger partial charge >= 0.3 is 18.3 Å². The Hall–Kier alpha value is -4.05. The maximum Gasteiger partial charge on any atom is 0.573 e. The maximum absolute atomic E-state index is 12.2. The van der Waals surface area contributed by atoms with Crippen LogP contribution < -0.4 is 14.4 Å². The van der Waals surface area contributed by atoms with Gasteiger partial charge in [-0.2, -0.15) is 4.98 Å². The van der Waals surface area contributed by atoms with Crippen molar-refractivity contribution in [2.75, 3.05) is 0 Å². The molecule has 0 fully saturated rings. The third-order valence-corrected chi connectivity index (χ3v) is 3.52. The summed E-state index contributed by atoms with van der Waals surface area (Å²) in [5.74, 6) is -0.969. The predicted molar refractivity (Wildman–Crippen MR) is 90.4 cm³/mol. The lowest BCUT2D eigenvalue weighted by Crippen LogP contribution is -2.17. The van der Waals surface area contributed by atoms with E-state index >= 15 is 0 Å². The van der Waals surface area contributed by atoms with E-state index in [0.29, 0.717) is 5.69 Å². The Labute approximate surface area is 160 Å². The Morgan fingerprint density at radius 1 is 1.14 bits per heavy atom. The molecule has 3 rings (SSSR count). The lowest BCUT2D eigenvalue weighted by molar-refractivity contribution is -0.274. The molecule has 0 atom stereocenters. The minimum Gasteiger partial charge on any atom is -0.458 e. The van der Waals surface area contributed by atoms with Gasteiger partial charge in [-0.1, -0.05) is 12.1 Å². The van der Waals surface area contributed by atoms with Gasteiger partial charge in [-0.05, 0) is 42.0 Å². The Kier molecular flexibility index (Phi) is 5.65. The number of alkyl halides is 3. The normalized spacial score (nSPS) is 10.9. The molecule has 0 aliphatic heterocycles. The van der Waals surface area contributed by atoms with Crippen molar-refractivity contribution in [2.24, 2.45) is 5.11 Å². The minimum absolute atomic E-state index is 0.0591. The van der Waals surface area contributed by atoms with Crippen molar-refractivity contribution in [1.29, 1.82) is 5.53 Å². The molecule has 0 aliphatic carbocycles. The second kappa shape index (κ2) is 8.31. The molecule has 1 N–H and O–H groups in total. The van der Waals surface area contributed by atoms with Crippen LogP contribution in [0.4, 0.5) is 13.2 Å². The number of carbonyl (C=O) groups excluding carboxylic acids is 1. The van der Waals surface area contributed by atoms with Crippen LogP contribution in [0.5, 0.6) is 11.8 Å². The van der Waals surface area contributed by atoms with E-state index in [1.165, 1.54) is 35.3 Å². The molecule has 9 nitrogen and oxygen atoms in total. The number of nitrogens with one attached hydrogen (secondary N) is 1. The zero-order valence-corrected chi connectivity index (χ0v) is 14.5. The summed E-state index contributed by atoms with van der Waals surface area (Å²) in [4.78, 5) is 18.1. The molecule has 148 valence electrons. The van der Waals surface area contributed by atoms with Gasteiger partial charge in [-0.3, -0.25) is 4.79 Å². The number of rotatable bonds is 6. The van der Waals surface area contributed by atoms with Crippen LogP contribution in [0, 0.1) is 5.53 Å². The van der Waals surface area contributed by atoms with Gasteiger partial charge in [-0.25, -0.2) is 4.68 Å². The molecule has 0 saturated carbocycles. The summed E-state index contributed by atoms with van der Waals surface area (Å²) in [6.45, 7) is 0.122. The Balaban J connectivity index is 1.60. The molecule has 0 aliphatic rings. The second-order valence-electron chi connectivity index (χ2n) is 5.50. The summed E-state index contributed by atoms with van der Waals surface area (Å²) in [6, 6.07) is 11.5. The highest BCUT2D eigenvalue weighted by molar-refractivity contribution is 5.94. The lowest BCUT2D eigenvalue weighted by Gasteiger charge is -2.09. The number of nitrogens with zero attached hydrogens (tertiary/aromatic N) is 5. The van der Waals surface area contributed by atoms with Crippen molar-refractivity contribution < 1.29 is 27.4 Å². The Morgan fingerprint density at radius 2 is 1.83 bits per heavy atom. The predicted octanol–water partition coefficient (Wildman–Crippen LogP) is 3.44. The number of aromatic nitrogens is 3. The van der Waals surface area contributed by atoms with Gasteiger partial charge in [0.25, 0.3) is 0 Å². The van der Waals surface area contributed by atoms with Crippen LogP contribution in [-0.2, 0) is 6.61 Å². The van der Waals surface area contributed by atoms with E-state index < -0.39 is 12.3 Å². The zero-order chi connectivity index (χ0) is 20.9. The molecule has 0 spiro atoms. The van der Waals surface area contributed by atoms with E-state index in [1.54, 1.807) is 12.1 Å². The molecule has 12 heteroatoms. The largest absolute Gasteiger partial charge is 0.573 e. The smallest absolute Gasteiger partial charge is 0.458 e. The number of benzene rings is 2. The van der Waals surface area contributed by atoms with Crippen LogP contribution >= 0.6 is 0 Å². The fourth-order valence-corrected chi connectivity index (χ4v) is 2.23. The molecular formula is C17H12F3N6O3+. The minimum atomic E-state index is -4.76. The second-order valence-corrected chi connectivity index (χ2v) is 5.50. The monoisotopic (exact) mass is 405 g/mol. The first kappa shape index (κ1) is 19.7. The SMILES string of the molecule is N=[N+]=NC(=O)c1ccc(COc2ncn(-c3ccc(OC(F)(F)F)cc3)n2)cc1. The van der Waals surface area contributed by atoms with Crippen molar-refractivity contribution in [3.63, 3.8) is 0 Å². The summed E-state index contributed by atoms with van der Waals surface area (Å²) in [7, 11) is 0. The number of hydrogen-bond donors (Lipinski definition) is 1. The van der Waals surface area contributed by atoms with Crippen molar-refractivity contribution in [1.82, 2.24) is 19.7 Å². The number of halogens is 3. The quantitative estimate of drug-likeness (QED) is 0.498. The highest BCUT2D eigenvalue weighted by Gasteiger charge is 2.31. The zero-order valence-electron chi connectivity index (χ0n) is 14.5. The molecule has 0 bridgehead atoms. The number of ether oxygens (including phenoxy) is 2. The molecule has 1 heterocycles. The number of hydrogen-bond acceptors (Lipinski definition) is 6. The summed E-state index contributed by atoms with van der Waals surface area (Å²) in [5, 5.41) is 7.20. The van der Waals surface area contributed by atoms with Crippen LogP contribution in [0.2, 0.25) is 0 Å². The van der Waals surface area contributed by atoms with Gasteiger partial charge in [0.15, 0.2) is 0 Å². The van der Waals surface area contributed by atoms with Crippen molar-refractivity contribution in [2.45, 2.75) is 13.0 Å². The molecule has 0 radical (unpaired) electrons. The third kappa shape index (κ3) is 5.47. The van der Waals surface area contributed by atoms with E-state index in [1.807, 2.05) is 0 Å². The fraction of sp³-hybridized carbons (Fsp3) is 0.118. The topological polar surface area (TPSA) is 117 Å².